The highest BCUT2D eigenvalue weighted by molar-refractivity contribution is 6.32. The second-order valence-corrected chi connectivity index (χ2v) is 6.19. The number of ether oxygens (including phenoxy) is 2. The van der Waals surface area contributed by atoms with E-state index in [0.717, 1.165) is 32.4 Å². The standard InChI is InChI=1S/C15H17ClN2O3.ClH/c16-12-5-9(6-13-14(12)21-8-20-13)15(19)18-10-1-2-11(18)7-17-4-3-10;/h5-6,10-11,17H,1-4,7-8H2;1H. The van der Waals surface area contributed by atoms with Gasteiger partial charge in [0.15, 0.2) is 11.5 Å². The minimum Gasteiger partial charge on any atom is -0.454 e. The Labute approximate surface area is 140 Å². The van der Waals surface area contributed by atoms with E-state index in [9.17, 15) is 4.79 Å². The van der Waals surface area contributed by atoms with Gasteiger partial charge in [-0.2, -0.15) is 0 Å². The van der Waals surface area contributed by atoms with Crippen molar-refractivity contribution in [3.05, 3.63) is 22.7 Å². The second kappa shape index (κ2) is 6.14. The van der Waals surface area contributed by atoms with Crippen molar-refractivity contribution >= 4 is 29.9 Å². The summed E-state index contributed by atoms with van der Waals surface area (Å²) < 4.78 is 10.7. The quantitative estimate of drug-likeness (QED) is 0.850. The van der Waals surface area contributed by atoms with Gasteiger partial charge in [0.05, 0.1) is 5.02 Å². The number of carbonyl (C=O) groups excluding carboxylic acids is 1. The van der Waals surface area contributed by atoms with Crippen LogP contribution < -0.4 is 14.8 Å². The number of rotatable bonds is 1. The number of halogens is 2. The van der Waals surface area contributed by atoms with E-state index in [1.807, 2.05) is 4.90 Å². The average molecular weight is 345 g/mol. The van der Waals surface area contributed by atoms with Crippen molar-refractivity contribution in [1.82, 2.24) is 10.2 Å². The SMILES string of the molecule is Cl.O=C(c1cc(Cl)c2c(c1)OCO2)N1C2CCNCC1CC2. The van der Waals surface area contributed by atoms with E-state index >= 15 is 0 Å². The lowest BCUT2D eigenvalue weighted by molar-refractivity contribution is 0.0680. The topological polar surface area (TPSA) is 50.8 Å². The highest BCUT2D eigenvalue weighted by Crippen LogP contribution is 2.40. The molecule has 2 saturated heterocycles. The van der Waals surface area contributed by atoms with Crippen LogP contribution in [0.15, 0.2) is 12.1 Å². The molecule has 1 aromatic rings. The first kappa shape index (κ1) is 15.7. The molecule has 0 spiro atoms. The number of nitrogens with zero attached hydrogens (tertiary/aromatic N) is 1. The number of amides is 1. The van der Waals surface area contributed by atoms with Gasteiger partial charge < -0.3 is 19.7 Å². The van der Waals surface area contributed by atoms with Crippen LogP contribution in [-0.4, -0.2) is 42.8 Å². The van der Waals surface area contributed by atoms with Gasteiger partial charge in [-0.1, -0.05) is 11.6 Å². The fourth-order valence-corrected chi connectivity index (χ4v) is 3.82. The van der Waals surface area contributed by atoms with Gasteiger partial charge in [-0.15, -0.1) is 12.4 Å². The molecule has 1 aromatic carbocycles. The minimum atomic E-state index is 0. The van der Waals surface area contributed by atoms with Gasteiger partial charge in [-0.25, -0.2) is 0 Å². The first-order valence-electron chi connectivity index (χ1n) is 7.36. The molecule has 0 saturated carbocycles. The third kappa shape index (κ3) is 2.51. The van der Waals surface area contributed by atoms with E-state index in [1.165, 1.54) is 0 Å². The largest absolute Gasteiger partial charge is 0.454 e. The summed E-state index contributed by atoms with van der Waals surface area (Å²) in [5, 5.41) is 3.84. The Morgan fingerprint density at radius 3 is 2.91 bits per heavy atom. The molecule has 120 valence electrons. The Morgan fingerprint density at radius 2 is 2.05 bits per heavy atom. The predicted octanol–water partition coefficient (Wildman–Crippen LogP) is 2.46. The zero-order chi connectivity index (χ0) is 14.4. The molecular weight excluding hydrogens is 327 g/mol. The Morgan fingerprint density at radius 1 is 1.23 bits per heavy atom. The lowest BCUT2D eigenvalue weighted by Crippen LogP contribution is -2.42. The second-order valence-electron chi connectivity index (χ2n) is 5.78. The van der Waals surface area contributed by atoms with Gasteiger partial charge in [0.2, 0.25) is 6.79 Å². The van der Waals surface area contributed by atoms with Crippen LogP contribution in [0.1, 0.15) is 29.6 Å². The summed E-state index contributed by atoms with van der Waals surface area (Å²) in [6.07, 6.45) is 3.18. The van der Waals surface area contributed by atoms with Crippen molar-refractivity contribution in [2.24, 2.45) is 0 Å². The Hall–Kier alpha value is -1.17. The van der Waals surface area contributed by atoms with Crippen molar-refractivity contribution in [2.45, 2.75) is 31.3 Å². The molecule has 3 heterocycles. The maximum absolute atomic E-state index is 12.9. The molecule has 4 rings (SSSR count). The fourth-order valence-electron chi connectivity index (χ4n) is 3.55. The van der Waals surface area contributed by atoms with Gasteiger partial charge in [0, 0.05) is 24.2 Å². The number of benzene rings is 1. The van der Waals surface area contributed by atoms with Gasteiger partial charge in [-0.05, 0) is 37.9 Å². The van der Waals surface area contributed by atoms with Crippen LogP contribution in [0.25, 0.3) is 0 Å². The number of hydrogen-bond donors (Lipinski definition) is 1. The molecule has 5 nitrogen and oxygen atoms in total. The Bertz CT molecular complexity index is 582. The summed E-state index contributed by atoms with van der Waals surface area (Å²) in [6.45, 7) is 2.01. The zero-order valence-electron chi connectivity index (χ0n) is 12.0. The van der Waals surface area contributed by atoms with E-state index in [0.29, 0.717) is 28.1 Å². The average Bonchev–Trinajstić information content (AvgIpc) is 3.01. The Balaban J connectivity index is 0.00000144. The predicted molar refractivity (Wildman–Crippen MR) is 85.3 cm³/mol. The van der Waals surface area contributed by atoms with Crippen molar-refractivity contribution in [1.29, 1.82) is 0 Å². The molecule has 2 bridgehead atoms. The zero-order valence-corrected chi connectivity index (χ0v) is 13.6. The molecule has 1 amide bonds. The molecule has 2 unspecified atom stereocenters. The molecule has 0 aliphatic carbocycles. The van der Waals surface area contributed by atoms with E-state index in [4.69, 9.17) is 21.1 Å². The summed E-state index contributed by atoms with van der Waals surface area (Å²) in [4.78, 5) is 14.9. The number of hydrogen-bond acceptors (Lipinski definition) is 4. The molecule has 22 heavy (non-hydrogen) atoms. The third-order valence-corrected chi connectivity index (χ3v) is 4.84. The molecule has 7 heteroatoms. The molecule has 0 aromatic heterocycles. The van der Waals surface area contributed by atoms with Gasteiger partial charge in [-0.3, -0.25) is 4.79 Å². The third-order valence-electron chi connectivity index (χ3n) is 4.56. The number of nitrogens with one attached hydrogen (secondary N) is 1. The lowest BCUT2D eigenvalue weighted by Gasteiger charge is -2.28. The summed E-state index contributed by atoms with van der Waals surface area (Å²) in [5.74, 6) is 1.14. The molecule has 2 atom stereocenters. The minimum absolute atomic E-state index is 0. The van der Waals surface area contributed by atoms with E-state index in [2.05, 4.69) is 5.32 Å². The molecular formula is C15H18Cl2N2O3. The maximum atomic E-state index is 12.9. The summed E-state index contributed by atoms with van der Waals surface area (Å²) in [6, 6.07) is 4.06. The smallest absolute Gasteiger partial charge is 0.254 e. The van der Waals surface area contributed by atoms with Gasteiger partial charge in [0.25, 0.3) is 5.91 Å². The van der Waals surface area contributed by atoms with Crippen LogP contribution in [-0.2, 0) is 0 Å². The van der Waals surface area contributed by atoms with Crippen molar-refractivity contribution < 1.29 is 14.3 Å². The first-order valence-corrected chi connectivity index (χ1v) is 7.74. The van der Waals surface area contributed by atoms with Crippen LogP contribution in [0.4, 0.5) is 0 Å². The van der Waals surface area contributed by atoms with Crippen molar-refractivity contribution in [3.63, 3.8) is 0 Å². The van der Waals surface area contributed by atoms with Crippen LogP contribution in [0.2, 0.25) is 5.02 Å². The van der Waals surface area contributed by atoms with Crippen LogP contribution in [0, 0.1) is 0 Å². The lowest BCUT2D eigenvalue weighted by atomic mass is 10.1. The molecule has 3 aliphatic rings. The monoisotopic (exact) mass is 344 g/mol. The normalized spacial score (nSPS) is 25.6. The maximum Gasteiger partial charge on any atom is 0.254 e. The Kier molecular flexibility index (Phi) is 4.39. The molecule has 0 radical (unpaired) electrons. The van der Waals surface area contributed by atoms with Crippen molar-refractivity contribution in [2.75, 3.05) is 19.9 Å². The molecule has 1 N–H and O–H groups in total. The van der Waals surface area contributed by atoms with Gasteiger partial charge >= 0.3 is 0 Å². The van der Waals surface area contributed by atoms with E-state index < -0.39 is 0 Å². The van der Waals surface area contributed by atoms with Crippen LogP contribution >= 0.6 is 24.0 Å². The summed E-state index contributed by atoms with van der Waals surface area (Å²) in [5.41, 5.74) is 0.586. The molecule has 2 fully saturated rings. The van der Waals surface area contributed by atoms with Crippen LogP contribution in [0.3, 0.4) is 0 Å². The highest BCUT2D eigenvalue weighted by Gasteiger charge is 2.38. The molecule has 3 aliphatic heterocycles. The van der Waals surface area contributed by atoms with E-state index in [1.54, 1.807) is 12.1 Å². The highest BCUT2D eigenvalue weighted by atomic mass is 35.5. The fraction of sp³-hybridized carbons (Fsp3) is 0.533. The van der Waals surface area contributed by atoms with Crippen LogP contribution in [0.5, 0.6) is 11.5 Å². The first-order chi connectivity index (χ1) is 10.2. The van der Waals surface area contributed by atoms with E-state index in [-0.39, 0.29) is 31.1 Å². The summed E-state index contributed by atoms with van der Waals surface area (Å²) >= 11 is 6.19. The number of carbonyl (C=O) groups is 1. The van der Waals surface area contributed by atoms with Crippen molar-refractivity contribution in [3.8, 4) is 11.5 Å². The summed E-state index contributed by atoms with van der Waals surface area (Å²) in [7, 11) is 0. The number of fused-ring (bicyclic) bond motifs is 3. The van der Waals surface area contributed by atoms with Gasteiger partial charge in [0.1, 0.15) is 0 Å².